The number of guanidine groups is 1. The molecule has 0 unspecified atom stereocenters. The smallest absolute Gasteiger partial charge is 0.276 e. The summed E-state index contributed by atoms with van der Waals surface area (Å²) in [5.41, 5.74) is 0.702. The average molecular weight is 528 g/mol. The maximum absolute atomic E-state index is 5.33. The monoisotopic (exact) mass is 528 g/mol. The maximum atomic E-state index is 5.33. The number of rotatable bonds is 4. The Morgan fingerprint density at radius 3 is 2.93 bits per heavy atom. The molecule has 9 heteroatoms. The maximum Gasteiger partial charge on any atom is 0.276 e. The number of aliphatic imine (C=N–C) groups is 1. The first-order valence-corrected chi connectivity index (χ1v) is 11.1. The highest BCUT2D eigenvalue weighted by Gasteiger charge is 2.38. The molecule has 0 amide bonds. The lowest BCUT2D eigenvalue weighted by Gasteiger charge is -2.45. The molecule has 0 radical (unpaired) electrons. The molecular formula is C20H29IN6OS. The molecule has 1 N–H and O–H groups in total. The van der Waals surface area contributed by atoms with Crippen LogP contribution in [-0.2, 0) is 6.42 Å². The van der Waals surface area contributed by atoms with Crippen molar-refractivity contribution in [2.75, 3.05) is 32.4 Å². The number of thioether (sulfide) groups is 1. The van der Waals surface area contributed by atoms with Crippen LogP contribution in [-0.4, -0.2) is 63.2 Å². The van der Waals surface area contributed by atoms with Gasteiger partial charge >= 0.3 is 0 Å². The van der Waals surface area contributed by atoms with E-state index in [1.54, 1.807) is 6.20 Å². The van der Waals surface area contributed by atoms with Crippen molar-refractivity contribution < 1.29 is 4.52 Å². The first-order valence-electron chi connectivity index (χ1n) is 10.1. The van der Waals surface area contributed by atoms with Gasteiger partial charge in [-0.1, -0.05) is 30.5 Å². The zero-order chi connectivity index (χ0) is 19.2. The van der Waals surface area contributed by atoms with Crippen LogP contribution in [0.15, 0.2) is 33.9 Å². The van der Waals surface area contributed by atoms with E-state index in [2.05, 4.69) is 42.1 Å². The van der Waals surface area contributed by atoms with Crippen LogP contribution in [0.3, 0.4) is 0 Å². The molecule has 2 fully saturated rings. The second kappa shape index (κ2) is 10.6. The summed E-state index contributed by atoms with van der Waals surface area (Å²) in [6, 6.07) is 5.65. The van der Waals surface area contributed by atoms with Crippen molar-refractivity contribution in [1.29, 1.82) is 0 Å². The third kappa shape index (κ3) is 5.62. The van der Waals surface area contributed by atoms with Crippen molar-refractivity contribution in [3.05, 3.63) is 30.2 Å². The molecule has 0 bridgehead atoms. The van der Waals surface area contributed by atoms with Crippen molar-refractivity contribution in [3.63, 3.8) is 0 Å². The summed E-state index contributed by atoms with van der Waals surface area (Å²) in [7, 11) is 1.87. The quantitative estimate of drug-likeness (QED) is 0.369. The van der Waals surface area contributed by atoms with E-state index >= 15 is 0 Å². The van der Waals surface area contributed by atoms with E-state index in [1.807, 2.05) is 25.2 Å². The lowest BCUT2D eigenvalue weighted by atomic mass is 9.87. The van der Waals surface area contributed by atoms with Crippen molar-refractivity contribution in [3.8, 4) is 11.6 Å². The van der Waals surface area contributed by atoms with E-state index in [1.165, 1.54) is 37.9 Å². The largest absolute Gasteiger partial charge is 0.356 e. The molecule has 2 aromatic rings. The molecule has 2 aromatic heterocycles. The molecule has 0 atom stereocenters. The molecule has 1 saturated heterocycles. The number of nitrogens with zero attached hydrogens (tertiary/aromatic N) is 5. The van der Waals surface area contributed by atoms with Gasteiger partial charge in [-0.05, 0) is 25.0 Å². The minimum Gasteiger partial charge on any atom is -0.356 e. The number of aromatic nitrogens is 3. The number of pyridine rings is 1. The van der Waals surface area contributed by atoms with Crippen molar-refractivity contribution in [2.24, 2.45) is 4.99 Å². The van der Waals surface area contributed by atoms with E-state index in [0.29, 0.717) is 28.6 Å². The molecule has 1 spiro atoms. The molecule has 1 aliphatic heterocycles. The summed E-state index contributed by atoms with van der Waals surface area (Å²) in [6.07, 6.45) is 9.20. The summed E-state index contributed by atoms with van der Waals surface area (Å²) in [5, 5.41) is 7.56. The van der Waals surface area contributed by atoms with E-state index in [9.17, 15) is 0 Å². The molecular weight excluding hydrogens is 499 g/mol. The Balaban J connectivity index is 0.00000240. The molecule has 0 aromatic carbocycles. The van der Waals surface area contributed by atoms with Crippen LogP contribution in [0.1, 0.15) is 37.9 Å². The Morgan fingerprint density at radius 1 is 1.31 bits per heavy atom. The Labute approximate surface area is 193 Å². The highest BCUT2D eigenvalue weighted by atomic mass is 127. The Kier molecular flexibility index (Phi) is 8.16. The molecule has 4 rings (SSSR count). The minimum atomic E-state index is 0. The van der Waals surface area contributed by atoms with E-state index in [0.717, 1.165) is 25.6 Å². The lowest BCUT2D eigenvalue weighted by Crippen LogP contribution is -2.53. The van der Waals surface area contributed by atoms with Crippen molar-refractivity contribution in [2.45, 2.75) is 43.3 Å². The van der Waals surface area contributed by atoms with Gasteiger partial charge in [-0.3, -0.25) is 9.98 Å². The van der Waals surface area contributed by atoms with Gasteiger partial charge in [-0.15, -0.1) is 24.0 Å². The average Bonchev–Trinajstić information content (AvgIpc) is 3.21. The third-order valence-corrected chi connectivity index (χ3v) is 7.04. The van der Waals surface area contributed by atoms with Gasteiger partial charge in [0, 0.05) is 49.8 Å². The van der Waals surface area contributed by atoms with Crippen LogP contribution in [0.5, 0.6) is 0 Å². The highest BCUT2D eigenvalue weighted by molar-refractivity contribution is 14.0. The zero-order valence-corrected chi connectivity index (χ0v) is 20.0. The minimum absolute atomic E-state index is 0. The number of hydrogen-bond donors (Lipinski definition) is 1. The Bertz CT molecular complexity index is 788. The SMILES string of the molecule is CN=C(NCCc1noc(-c2ccccn2)n1)N1CCSC2(CCCCC2)C1.I. The summed E-state index contributed by atoms with van der Waals surface area (Å²) < 4.78 is 5.76. The van der Waals surface area contributed by atoms with Gasteiger partial charge in [-0.25, -0.2) is 0 Å². The number of nitrogens with one attached hydrogen (secondary N) is 1. The van der Waals surface area contributed by atoms with E-state index < -0.39 is 0 Å². The standard InChI is InChI=1S/C20H28N6OS.HI/c1-21-19(26-13-14-28-20(15-26)9-4-2-5-10-20)23-12-8-17-24-18(27-25-17)16-7-3-6-11-22-16;/h3,6-7,11H,2,4-5,8-10,12-15H2,1H3,(H,21,23);1H. The van der Waals surface area contributed by atoms with Gasteiger partial charge in [0.25, 0.3) is 5.89 Å². The fraction of sp³-hybridized carbons (Fsp3) is 0.600. The van der Waals surface area contributed by atoms with Gasteiger partial charge in [0.05, 0.1) is 0 Å². The fourth-order valence-electron chi connectivity index (χ4n) is 4.09. The van der Waals surface area contributed by atoms with Crippen LogP contribution in [0, 0.1) is 0 Å². The summed E-state index contributed by atoms with van der Waals surface area (Å²) >= 11 is 2.18. The van der Waals surface area contributed by atoms with Crippen LogP contribution < -0.4 is 5.32 Å². The molecule has 3 heterocycles. The predicted octanol–water partition coefficient (Wildman–Crippen LogP) is 3.62. The Morgan fingerprint density at radius 2 is 2.17 bits per heavy atom. The molecule has 29 heavy (non-hydrogen) atoms. The first-order chi connectivity index (χ1) is 13.8. The zero-order valence-electron chi connectivity index (χ0n) is 16.8. The summed E-state index contributed by atoms with van der Waals surface area (Å²) in [4.78, 5) is 15.6. The summed E-state index contributed by atoms with van der Waals surface area (Å²) in [6.45, 7) is 2.88. The topological polar surface area (TPSA) is 79.4 Å². The summed E-state index contributed by atoms with van der Waals surface area (Å²) in [5.74, 6) is 3.31. The van der Waals surface area contributed by atoms with Crippen molar-refractivity contribution in [1.82, 2.24) is 25.3 Å². The van der Waals surface area contributed by atoms with Gasteiger partial charge < -0.3 is 14.7 Å². The molecule has 1 saturated carbocycles. The normalized spacial score (nSPS) is 19.1. The molecule has 7 nitrogen and oxygen atoms in total. The number of hydrogen-bond acceptors (Lipinski definition) is 6. The molecule has 158 valence electrons. The molecule has 2 aliphatic rings. The van der Waals surface area contributed by atoms with E-state index in [-0.39, 0.29) is 24.0 Å². The van der Waals surface area contributed by atoms with Gasteiger partial charge in [-0.2, -0.15) is 16.7 Å². The Hall–Kier alpha value is -1.36. The predicted molar refractivity (Wildman–Crippen MR) is 128 cm³/mol. The fourth-order valence-corrected chi connectivity index (χ4v) is 5.66. The van der Waals surface area contributed by atoms with Gasteiger partial charge in [0.15, 0.2) is 11.8 Å². The van der Waals surface area contributed by atoms with Crippen LogP contribution in [0.2, 0.25) is 0 Å². The van der Waals surface area contributed by atoms with Crippen LogP contribution in [0.4, 0.5) is 0 Å². The van der Waals surface area contributed by atoms with Crippen LogP contribution in [0.25, 0.3) is 11.6 Å². The van der Waals surface area contributed by atoms with Crippen molar-refractivity contribution >= 4 is 41.7 Å². The second-order valence-corrected chi connectivity index (χ2v) is 9.03. The first kappa shape index (κ1) is 22.3. The lowest BCUT2D eigenvalue weighted by molar-refractivity contribution is 0.293. The highest BCUT2D eigenvalue weighted by Crippen LogP contribution is 2.42. The number of halogens is 1. The van der Waals surface area contributed by atoms with Crippen LogP contribution >= 0.6 is 35.7 Å². The second-order valence-electron chi connectivity index (χ2n) is 7.47. The van der Waals surface area contributed by atoms with Gasteiger partial charge in [0.2, 0.25) is 0 Å². The third-order valence-electron chi connectivity index (χ3n) is 5.51. The van der Waals surface area contributed by atoms with Gasteiger partial charge in [0.1, 0.15) is 5.69 Å². The molecule has 1 aliphatic carbocycles. The van der Waals surface area contributed by atoms with E-state index in [4.69, 9.17) is 4.52 Å².